The van der Waals surface area contributed by atoms with E-state index in [9.17, 15) is 39.6 Å². The van der Waals surface area contributed by atoms with Crippen LogP contribution in [-0.4, -0.2) is 60.8 Å². The predicted octanol–water partition coefficient (Wildman–Crippen LogP) is -7.04. The van der Waals surface area contributed by atoms with E-state index >= 15 is 0 Å². The van der Waals surface area contributed by atoms with Gasteiger partial charge in [0, 0.05) is 0 Å². The van der Waals surface area contributed by atoms with E-state index in [4.69, 9.17) is 19.8 Å². The van der Waals surface area contributed by atoms with Crippen molar-refractivity contribution >= 4 is 89.1 Å². The van der Waals surface area contributed by atoms with Crippen LogP contribution in [0.15, 0.2) is 89.7 Å². The van der Waals surface area contributed by atoms with Crippen molar-refractivity contribution in [1.82, 2.24) is 0 Å². The number of hydrogen-bond donors (Lipinski definition) is 2. The fraction of sp³-hybridized carbons (Fsp3) is 0.182. The van der Waals surface area contributed by atoms with Crippen molar-refractivity contribution in [3.05, 3.63) is 54.6 Å². The number of hydrogen-bond acceptors (Lipinski definition) is 22. The molecule has 0 aliphatic carbocycles. The standard InChI is InChI=1S/C22H24N6O15S5.3Na/c23-20-18(27-25-14-1-5-16(6-2-14)45(30)38-9-11-40-47(32,33)34)13-19(44-43-42-29)21(24)22(20)28-26-15-3-7-17(8-4-15)46(31)39-10-12-41-48(35,36)37;;;/h1-8,13,29H,9-12,23-24H2,(H,32,33,34)(H,35,36,37);;;/q;3*+1/p-3. The molecule has 2 atom stereocenters. The van der Waals surface area contributed by atoms with Gasteiger partial charge in [-0.15, -0.1) is 10.2 Å². The van der Waals surface area contributed by atoms with Gasteiger partial charge < -0.3 is 25.8 Å². The molecule has 29 heteroatoms. The maximum Gasteiger partial charge on any atom is 1.00 e. The van der Waals surface area contributed by atoms with Crippen molar-refractivity contribution in [3.8, 4) is 0 Å². The summed E-state index contributed by atoms with van der Waals surface area (Å²) in [5.74, 6) is 0. The Morgan fingerprint density at radius 2 is 1.10 bits per heavy atom. The summed E-state index contributed by atoms with van der Waals surface area (Å²) in [5.41, 5.74) is 12.6. The van der Waals surface area contributed by atoms with Crippen molar-refractivity contribution < 1.29 is 154 Å². The molecule has 21 nitrogen and oxygen atoms in total. The van der Waals surface area contributed by atoms with Crippen LogP contribution >= 0.6 is 12.0 Å². The molecule has 0 bridgehead atoms. The van der Waals surface area contributed by atoms with Gasteiger partial charge in [0.25, 0.3) is 0 Å². The van der Waals surface area contributed by atoms with Crippen molar-refractivity contribution in [2.45, 2.75) is 14.7 Å². The second-order valence-electron chi connectivity index (χ2n) is 8.25. The second-order valence-corrected chi connectivity index (χ2v) is 13.5. The number of nitrogens with two attached hydrogens (primary N) is 2. The average molecular weight is 839 g/mol. The minimum Gasteiger partial charge on any atom is -0.726 e. The molecule has 0 saturated carbocycles. The number of anilines is 2. The first-order chi connectivity index (χ1) is 22.7. The van der Waals surface area contributed by atoms with Crippen LogP contribution in [0.4, 0.5) is 34.1 Å². The molecule has 4 N–H and O–H groups in total. The Labute approximate surface area is 366 Å². The normalized spacial score (nSPS) is 12.9. The third kappa shape index (κ3) is 18.7. The largest absolute Gasteiger partial charge is 1.00 e. The van der Waals surface area contributed by atoms with E-state index in [1.165, 1.54) is 54.6 Å². The van der Waals surface area contributed by atoms with E-state index in [1.54, 1.807) is 0 Å². The van der Waals surface area contributed by atoms with Gasteiger partial charge in [-0.1, -0.05) is 0 Å². The monoisotopic (exact) mass is 838 g/mol. The molecule has 0 aromatic heterocycles. The molecule has 0 spiro atoms. The van der Waals surface area contributed by atoms with Gasteiger partial charge in [0.15, 0.2) is 22.2 Å². The first-order valence-electron chi connectivity index (χ1n) is 12.4. The average Bonchev–Trinajstić information content (AvgIpc) is 3.03. The van der Waals surface area contributed by atoms with E-state index in [1.807, 2.05) is 0 Å². The number of benzene rings is 3. The molecule has 3 rings (SSSR count). The molecule has 0 amide bonds. The van der Waals surface area contributed by atoms with Gasteiger partial charge in [0.2, 0.25) is 20.8 Å². The zero-order valence-electron chi connectivity index (χ0n) is 26.6. The molecule has 262 valence electrons. The molecule has 0 heterocycles. The first kappa shape index (κ1) is 50.6. The van der Waals surface area contributed by atoms with Crippen LogP contribution in [0.5, 0.6) is 0 Å². The third-order valence-electron chi connectivity index (χ3n) is 5.07. The molecule has 3 aromatic rings. The van der Waals surface area contributed by atoms with Crippen LogP contribution in [0.3, 0.4) is 0 Å². The number of azo groups is 2. The van der Waals surface area contributed by atoms with Gasteiger partial charge in [0.05, 0.1) is 75.9 Å². The molecule has 0 radical (unpaired) electrons. The molecule has 0 fully saturated rings. The summed E-state index contributed by atoms with van der Waals surface area (Å²) in [4.78, 5) is 0.442. The molecule has 2 unspecified atom stereocenters. The van der Waals surface area contributed by atoms with Gasteiger partial charge in [-0.3, -0.25) is 21.8 Å². The minimum absolute atomic E-state index is 0. The molecule has 3 aromatic carbocycles. The Morgan fingerprint density at radius 3 is 1.51 bits per heavy atom. The number of rotatable bonds is 19. The maximum atomic E-state index is 12.2. The Hall–Kier alpha value is -0.350. The third-order valence-corrected chi connectivity index (χ3v) is 8.70. The summed E-state index contributed by atoms with van der Waals surface area (Å²) in [6.07, 6.45) is 0. The molecule has 0 saturated heterocycles. The molecular weight excluding hydrogens is 818 g/mol. The Bertz CT molecular complexity index is 1890. The summed E-state index contributed by atoms with van der Waals surface area (Å²) in [7, 11) is -9.81. The quantitative estimate of drug-likeness (QED) is 0.0130. The SMILES string of the molecule is Nc1c(N=Nc2ccc(S(=O)OCCOS(=O)(=O)[O-])cc2)cc(SOO[O-])c(N)c1N=Nc1ccc(S(=O)OCCOS(=O)(=O)[O-])cc1.[Na+].[Na+].[Na+]. The Morgan fingerprint density at radius 1 is 0.667 bits per heavy atom. The zero-order valence-corrected chi connectivity index (χ0v) is 36.7. The van der Waals surface area contributed by atoms with E-state index in [2.05, 4.69) is 38.2 Å². The van der Waals surface area contributed by atoms with Crippen molar-refractivity contribution in [3.63, 3.8) is 0 Å². The van der Waals surface area contributed by atoms with Crippen molar-refractivity contribution in [1.29, 1.82) is 0 Å². The predicted molar refractivity (Wildman–Crippen MR) is 161 cm³/mol. The van der Waals surface area contributed by atoms with Crippen LogP contribution in [0.25, 0.3) is 0 Å². The van der Waals surface area contributed by atoms with Gasteiger partial charge in [-0.05, 0) is 54.6 Å². The fourth-order valence-electron chi connectivity index (χ4n) is 3.07. The number of nitrogen functional groups attached to an aromatic ring is 2. The topological polar surface area (TPSA) is 328 Å². The fourth-order valence-corrected chi connectivity index (χ4v) is 5.49. The maximum absolute atomic E-state index is 12.2. The van der Waals surface area contributed by atoms with Crippen molar-refractivity contribution in [2.24, 2.45) is 20.5 Å². The summed E-state index contributed by atoms with van der Waals surface area (Å²) in [6, 6.07) is 12.5. The van der Waals surface area contributed by atoms with E-state index in [-0.39, 0.29) is 137 Å². The van der Waals surface area contributed by atoms with Crippen LogP contribution in [0.2, 0.25) is 0 Å². The molecule has 0 aliphatic rings. The summed E-state index contributed by atoms with van der Waals surface area (Å²) >= 11 is -3.62. The Kier molecular flexibility index (Phi) is 24.8. The second kappa shape index (κ2) is 24.9. The first-order valence-corrected chi connectivity index (χ1v) is 17.9. The molecule has 0 aliphatic heterocycles. The summed E-state index contributed by atoms with van der Waals surface area (Å²) in [5, 5.41) is 30.0. The van der Waals surface area contributed by atoms with E-state index in [0.717, 1.165) is 0 Å². The summed E-state index contributed by atoms with van der Waals surface area (Å²) < 4.78 is 109. The van der Waals surface area contributed by atoms with Gasteiger partial charge >= 0.3 is 88.7 Å². The van der Waals surface area contributed by atoms with Crippen molar-refractivity contribution in [2.75, 3.05) is 37.9 Å². The van der Waals surface area contributed by atoms with Gasteiger partial charge in [0.1, 0.15) is 11.4 Å². The van der Waals surface area contributed by atoms with Gasteiger partial charge in [-0.25, -0.2) is 25.3 Å². The zero-order chi connectivity index (χ0) is 35.3. The molecule has 51 heavy (non-hydrogen) atoms. The van der Waals surface area contributed by atoms with E-state index in [0.29, 0.717) is 12.0 Å². The smallest absolute Gasteiger partial charge is 0.726 e. The molecular formula is C22H21N6Na3O15S5. The van der Waals surface area contributed by atoms with Gasteiger partial charge in [-0.2, -0.15) is 14.6 Å². The Balaban J connectivity index is 0.00000833. The van der Waals surface area contributed by atoms with Crippen LogP contribution in [0, 0.1) is 0 Å². The number of nitrogens with zero attached hydrogens (tertiary/aromatic N) is 4. The van der Waals surface area contributed by atoms with Crippen LogP contribution in [0.1, 0.15) is 0 Å². The minimum atomic E-state index is -4.91. The van der Waals surface area contributed by atoms with Crippen LogP contribution < -0.4 is 105 Å². The van der Waals surface area contributed by atoms with Crippen LogP contribution in [-0.2, 0) is 69.1 Å². The summed E-state index contributed by atoms with van der Waals surface area (Å²) in [6.45, 7) is -2.12. The van der Waals surface area contributed by atoms with E-state index < -0.39 is 69.4 Å².